The van der Waals surface area contributed by atoms with Gasteiger partial charge in [0, 0.05) is 24.9 Å². The Kier molecular flexibility index (Phi) is 5.12. The molecule has 21 heavy (non-hydrogen) atoms. The van der Waals surface area contributed by atoms with Crippen molar-refractivity contribution in [2.45, 2.75) is 11.7 Å². The summed E-state index contributed by atoms with van der Waals surface area (Å²) < 4.78 is 6.78. The number of aromatic nitrogens is 4. The first-order valence-electron chi connectivity index (χ1n) is 6.07. The molecule has 0 amide bonds. The Hall–Kier alpha value is -2.13. The number of H-pyrrole nitrogens is 1. The number of rotatable bonds is 7. The molecule has 0 saturated heterocycles. The van der Waals surface area contributed by atoms with Crippen LogP contribution in [0, 0.1) is 0 Å². The molecular weight excluding hydrogens is 296 g/mol. The lowest BCUT2D eigenvalue weighted by Crippen LogP contribution is -2.10. The smallest absolute Gasteiger partial charge is 0.313 e. The molecule has 0 saturated carbocycles. The van der Waals surface area contributed by atoms with Gasteiger partial charge in [0.05, 0.1) is 18.9 Å². The maximum atomic E-state index is 11.4. The van der Waals surface area contributed by atoms with E-state index < -0.39 is 5.97 Å². The van der Waals surface area contributed by atoms with Crippen molar-refractivity contribution in [3.05, 3.63) is 28.7 Å². The number of ether oxygens (including phenoxy) is 1. The largest absolute Gasteiger partial charge is 0.481 e. The third-order valence-electron chi connectivity index (χ3n) is 2.59. The summed E-state index contributed by atoms with van der Waals surface area (Å²) in [6.45, 7) is 0.891. The lowest BCUT2D eigenvalue weighted by Gasteiger charge is -2.08. The lowest BCUT2D eigenvalue weighted by atomic mass is 10.2. The number of carboxylic acid groups (broad SMARTS) is 1. The van der Waals surface area contributed by atoms with Crippen molar-refractivity contribution < 1.29 is 14.6 Å². The third-order valence-corrected chi connectivity index (χ3v) is 3.55. The molecule has 2 N–H and O–H groups in total. The van der Waals surface area contributed by atoms with E-state index in [4.69, 9.17) is 9.84 Å². The van der Waals surface area contributed by atoms with Gasteiger partial charge in [-0.05, 0) is 6.07 Å². The van der Waals surface area contributed by atoms with Gasteiger partial charge in [-0.1, -0.05) is 11.8 Å². The minimum absolute atomic E-state index is 0.111. The van der Waals surface area contributed by atoms with Crippen molar-refractivity contribution in [3.63, 3.8) is 0 Å². The molecule has 0 unspecified atom stereocenters. The van der Waals surface area contributed by atoms with Crippen LogP contribution in [-0.2, 0) is 16.1 Å². The predicted octanol–water partition coefficient (Wildman–Crippen LogP) is 0.456. The number of methoxy groups -OCH3 is 1. The van der Waals surface area contributed by atoms with Crippen LogP contribution >= 0.6 is 11.8 Å². The van der Waals surface area contributed by atoms with E-state index in [9.17, 15) is 9.59 Å². The van der Waals surface area contributed by atoms with E-state index in [1.165, 1.54) is 12.3 Å². The molecular formula is C12H14N4O4S. The number of hydrogen-bond acceptors (Lipinski definition) is 6. The summed E-state index contributed by atoms with van der Waals surface area (Å²) in [4.78, 5) is 24.6. The molecule has 0 spiro atoms. The van der Waals surface area contributed by atoms with Gasteiger partial charge in [0.1, 0.15) is 0 Å². The molecule has 2 rings (SSSR count). The molecule has 0 radical (unpaired) electrons. The van der Waals surface area contributed by atoms with E-state index >= 15 is 0 Å². The molecule has 2 aromatic rings. The van der Waals surface area contributed by atoms with Gasteiger partial charge < -0.3 is 14.8 Å². The third kappa shape index (κ3) is 3.92. The highest BCUT2D eigenvalue weighted by molar-refractivity contribution is 7.99. The van der Waals surface area contributed by atoms with Gasteiger partial charge in [0.2, 0.25) is 5.56 Å². The van der Waals surface area contributed by atoms with Crippen LogP contribution in [0.4, 0.5) is 0 Å². The van der Waals surface area contributed by atoms with Crippen molar-refractivity contribution in [3.8, 4) is 11.4 Å². The van der Waals surface area contributed by atoms with Crippen LogP contribution in [-0.4, -0.2) is 50.3 Å². The number of carbonyl (C=O) groups is 1. The highest BCUT2D eigenvalue weighted by Crippen LogP contribution is 2.22. The van der Waals surface area contributed by atoms with Crippen LogP contribution in [0.2, 0.25) is 0 Å². The number of hydrogen-bond donors (Lipinski definition) is 2. The molecule has 0 bridgehead atoms. The maximum Gasteiger partial charge on any atom is 0.313 e. The Morgan fingerprint density at radius 2 is 2.33 bits per heavy atom. The summed E-state index contributed by atoms with van der Waals surface area (Å²) in [7, 11) is 1.57. The molecule has 0 aliphatic rings. The number of carboxylic acids is 1. The van der Waals surface area contributed by atoms with Crippen molar-refractivity contribution in [2.24, 2.45) is 0 Å². The van der Waals surface area contributed by atoms with E-state index in [-0.39, 0.29) is 11.3 Å². The van der Waals surface area contributed by atoms with Crippen LogP contribution < -0.4 is 5.56 Å². The first-order valence-corrected chi connectivity index (χ1v) is 7.06. The molecule has 2 aromatic heterocycles. The average molecular weight is 310 g/mol. The standard InChI is InChI=1S/C12H14N4O4S/c1-20-5-4-16-11(8-2-3-13-9(17)6-8)14-15-12(16)21-7-10(18)19/h2-3,6H,4-5,7H2,1H3,(H,13,17)(H,18,19). The molecule has 2 heterocycles. The van der Waals surface area contributed by atoms with Crippen LogP contribution in [0.1, 0.15) is 0 Å². The topological polar surface area (TPSA) is 110 Å². The van der Waals surface area contributed by atoms with Gasteiger partial charge in [-0.3, -0.25) is 14.2 Å². The van der Waals surface area contributed by atoms with E-state index in [1.807, 2.05) is 0 Å². The Labute approximate surface area is 124 Å². The Balaban J connectivity index is 2.35. The molecule has 0 fully saturated rings. The zero-order chi connectivity index (χ0) is 15.2. The van der Waals surface area contributed by atoms with Crippen molar-refractivity contribution in [1.29, 1.82) is 0 Å². The fourth-order valence-electron chi connectivity index (χ4n) is 1.70. The van der Waals surface area contributed by atoms with E-state index in [2.05, 4.69) is 15.2 Å². The second-order valence-corrected chi connectivity index (χ2v) is 5.02. The normalized spacial score (nSPS) is 10.7. The van der Waals surface area contributed by atoms with Crippen LogP contribution in [0.5, 0.6) is 0 Å². The highest BCUT2D eigenvalue weighted by atomic mass is 32.2. The van der Waals surface area contributed by atoms with Crippen LogP contribution in [0.25, 0.3) is 11.4 Å². The summed E-state index contributed by atoms with van der Waals surface area (Å²) in [5.74, 6) is -0.537. The van der Waals surface area contributed by atoms with Gasteiger partial charge in [0.15, 0.2) is 11.0 Å². The fourth-order valence-corrected chi connectivity index (χ4v) is 2.39. The van der Waals surface area contributed by atoms with Gasteiger partial charge in [0.25, 0.3) is 0 Å². The number of nitrogens with zero attached hydrogens (tertiary/aromatic N) is 3. The maximum absolute atomic E-state index is 11.4. The molecule has 0 aromatic carbocycles. The van der Waals surface area contributed by atoms with Gasteiger partial charge in [-0.15, -0.1) is 10.2 Å². The van der Waals surface area contributed by atoms with E-state index in [0.717, 1.165) is 11.8 Å². The lowest BCUT2D eigenvalue weighted by molar-refractivity contribution is -0.133. The molecule has 8 nitrogen and oxygen atoms in total. The van der Waals surface area contributed by atoms with Gasteiger partial charge >= 0.3 is 5.97 Å². The molecule has 0 aliphatic heterocycles. The number of aliphatic carboxylic acids is 1. The first-order chi connectivity index (χ1) is 10.1. The number of nitrogens with one attached hydrogen (secondary N) is 1. The number of thioether (sulfide) groups is 1. The molecule has 112 valence electrons. The summed E-state index contributed by atoms with van der Waals surface area (Å²) in [6, 6.07) is 3.12. The molecule has 0 aliphatic carbocycles. The Morgan fingerprint density at radius 3 is 3.00 bits per heavy atom. The first kappa shape index (κ1) is 15.3. The monoisotopic (exact) mass is 310 g/mol. The number of aromatic amines is 1. The Bertz CT molecular complexity index is 682. The predicted molar refractivity (Wildman–Crippen MR) is 76.3 cm³/mol. The second kappa shape index (κ2) is 7.04. The van der Waals surface area contributed by atoms with Crippen molar-refractivity contribution in [2.75, 3.05) is 19.5 Å². The average Bonchev–Trinajstić information content (AvgIpc) is 2.85. The van der Waals surface area contributed by atoms with E-state index in [1.54, 1.807) is 17.7 Å². The second-order valence-electron chi connectivity index (χ2n) is 4.07. The fraction of sp³-hybridized carbons (Fsp3) is 0.333. The quantitative estimate of drug-likeness (QED) is 0.715. The minimum atomic E-state index is -0.931. The molecule has 0 atom stereocenters. The minimum Gasteiger partial charge on any atom is -0.481 e. The summed E-state index contributed by atoms with van der Waals surface area (Å²) >= 11 is 1.07. The van der Waals surface area contributed by atoms with Gasteiger partial charge in [-0.2, -0.15) is 0 Å². The zero-order valence-corrected chi connectivity index (χ0v) is 12.1. The highest BCUT2D eigenvalue weighted by Gasteiger charge is 2.15. The van der Waals surface area contributed by atoms with Crippen molar-refractivity contribution in [1.82, 2.24) is 19.7 Å². The SMILES string of the molecule is COCCn1c(SCC(=O)O)nnc1-c1cc[nH]c(=O)c1. The number of pyridine rings is 1. The summed E-state index contributed by atoms with van der Waals surface area (Å²) in [6.07, 6.45) is 1.52. The molecule has 9 heteroatoms. The summed E-state index contributed by atoms with van der Waals surface area (Å²) in [5.41, 5.74) is 0.373. The zero-order valence-electron chi connectivity index (χ0n) is 11.3. The van der Waals surface area contributed by atoms with Crippen LogP contribution in [0.3, 0.4) is 0 Å². The Morgan fingerprint density at radius 1 is 1.52 bits per heavy atom. The van der Waals surface area contributed by atoms with Crippen molar-refractivity contribution >= 4 is 17.7 Å². The van der Waals surface area contributed by atoms with E-state index in [0.29, 0.717) is 29.7 Å². The summed E-state index contributed by atoms with van der Waals surface area (Å²) in [5, 5.41) is 17.3. The van der Waals surface area contributed by atoms with Gasteiger partial charge in [-0.25, -0.2) is 0 Å². The van der Waals surface area contributed by atoms with Crippen LogP contribution in [0.15, 0.2) is 28.3 Å².